The van der Waals surface area contributed by atoms with Gasteiger partial charge < -0.3 is 20.1 Å². The number of benzene rings is 2. The molecule has 2 aromatic rings. The van der Waals surface area contributed by atoms with E-state index in [1.54, 1.807) is 6.92 Å². The van der Waals surface area contributed by atoms with E-state index in [1.165, 1.54) is 11.1 Å². The van der Waals surface area contributed by atoms with Crippen LogP contribution >= 0.6 is 0 Å². The molecule has 4 heteroatoms. The molecule has 1 aliphatic heterocycles. The first-order chi connectivity index (χ1) is 12.5. The van der Waals surface area contributed by atoms with Gasteiger partial charge in [0, 0.05) is 5.92 Å². The van der Waals surface area contributed by atoms with Crippen LogP contribution < -0.4 is 0 Å². The van der Waals surface area contributed by atoms with E-state index < -0.39 is 24.4 Å². The predicted molar refractivity (Wildman–Crippen MR) is 101 cm³/mol. The van der Waals surface area contributed by atoms with Crippen molar-refractivity contribution in [1.29, 1.82) is 0 Å². The molecule has 2 aromatic carbocycles. The number of hydrogen-bond donors (Lipinski definition) is 3. The van der Waals surface area contributed by atoms with E-state index in [4.69, 9.17) is 4.74 Å². The lowest BCUT2D eigenvalue weighted by Crippen LogP contribution is -2.50. The topological polar surface area (TPSA) is 69.9 Å². The van der Waals surface area contributed by atoms with Crippen molar-refractivity contribution in [3.63, 3.8) is 0 Å². The van der Waals surface area contributed by atoms with E-state index in [2.05, 4.69) is 37.3 Å². The molecule has 4 nitrogen and oxygen atoms in total. The first kappa shape index (κ1) is 19.1. The SMILES string of the molecule is CCc1ccc(Cc2cccc(C3OC(CO)C(C)C(O)C3O)c2)cc1. The summed E-state index contributed by atoms with van der Waals surface area (Å²) in [5, 5.41) is 30.3. The summed E-state index contributed by atoms with van der Waals surface area (Å²) in [5.74, 6) is -0.313. The van der Waals surface area contributed by atoms with Gasteiger partial charge in [0.1, 0.15) is 12.2 Å². The lowest BCUT2D eigenvalue weighted by Gasteiger charge is -2.41. The Hall–Kier alpha value is -1.72. The van der Waals surface area contributed by atoms with Gasteiger partial charge in [-0.15, -0.1) is 0 Å². The number of rotatable bonds is 5. The standard InChI is InChI=1S/C22H28O4/c1-3-15-7-9-16(10-8-15)11-17-5-4-6-18(12-17)22-21(25)20(24)14(2)19(13-23)26-22/h4-10,12,14,19-25H,3,11,13H2,1-2H3. The maximum atomic E-state index is 10.5. The summed E-state index contributed by atoms with van der Waals surface area (Å²) < 4.78 is 5.89. The van der Waals surface area contributed by atoms with Gasteiger partial charge >= 0.3 is 0 Å². The molecular weight excluding hydrogens is 328 g/mol. The van der Waals surface area contributed by atoms with Crippen molar-refractivity contribution in [3.8, 4) is 0 Å². The Labute approximate surface area is 155 Å². The average molecular weight is 356 g/mol. The lowest BCUT2D eigenvalue weighted by atomic mass is 9.85. The van der Waals surface area contributed by atoms with Crippen molar-refractivity contribution in [2.45, 2.75) is 51.1 Å². The van der Waals surface area contributed by atoms with E-state index in [9.17, 15) is 15.3 Å². The fourth-order valence-electron chi connectivity index (χ4n) is 3.60. The van der Waals surface area contributed by atoms with Gasteiger partial charge in [-0.25, -0.2) is 0 Å². The summed E-state index contributed by atoms with van der Waals surface area (Å²) in [7, 11) is 0. The van der Waals surface area contributed by atoms with E-state index >= 15 is 0 Å². The summed E-state index contributed by atoms with van der Waals surface area (Å²) in [6.45, 7) is 3.75. The molecule has 0 spiro atoms. The second kappa shape index (κ2) is 8.31. The second-order valence-electron chi connectivity index (χ2n) is 7.21. The fourth-order valence-corrected chi connectivity index (χ4v) is 3.60. The first-order valence-electron chi connectivity index (χ1n) is 9.32. The summed E-state index contributed by atoms with van der Waals surface area (Å²) in [6.07, 6.45) is -1.23. The minimum atomic E-state index is -1.01. The summed E-state index contributed by atoms with van der Waals surface area (Å²) in [4.78, 5) is 0. The highest BCUT2D eigenvalue weighted by atomic mass is 16.5. The van der Waals surface area contributed by atoms with Gasteiger partial charge in [0.25, 0.3) is 0 Å². The highest BCUT2D eigenvalue weighted by Gasteiger charge is 2.42. The molecule has 0 bridgehead atoms. The fraction of sp³-hybridized carbons (Fsp3) is 0.455. The van der Waals surface area contributed by atoms with Gasteiger partial charge in [-0.05, 0) is 35.1 Å². The third-order valence-electron chi connectivity index (χ3n) is 5.41. The molecule has 0 amide bonds. The van der Waals surface area contributed by atoms with E-state index in [0.29, 0.717) is 0 Å². The largest absolute Gasteiger partial charge is 0.394 e. The van der Waals surface area contributed by atoms with Crippen LogP contribution in [0, 0.1) is 5.92 Å². The Kier molecular flexibility index (Phi) is 6.09. The lowest BCUT2D eigenvalue weighted by molar-refractivity contribution is -0.207. The Balaban J connectivity index is 1.79. The Morgan fingerprint density at radius 3 is 2.27 bits per heavy atom. The van der Waals surface area contributed by atoms with Crippen LogP contribution in [0.5, 0.6) is 0 Å². The van der Waals surface area contributed by atoms with Crippen molar-refractivity contribution in [2.75, 3.05) is 6.61 Å². The normalized spacial score (nSPS) is 28.9. The van der Waals surface area contributed by atoms with E-state index in [-0.39, 0.29) is 12.5 Å². The van der Waals surface area contributed by atoms with Gasteiger partial charge in [0.05, 0.1) is 18.8 Å². The van der Waals surface area contributed by atoms with E-state index in [1.807, 2.05) is 18.2 Å². The van der Waals surface area contributed by atoms with Crippen LogP contribution in [-0.4, -0.2) is 40.2 Å². The molecular formula is C22H28O4. The first-order valence-corrected chi connectivity index (χ1v) is 9.32. The quantitative estimate of drug-likeness (QED) is 0.770. The third kappa shape index (κ3) is 3.99. The molecule has 1 heterocycles. The molecule has 0 radical (unpaired) electrons. The number of aliphatic hydroxyl groups is 3. The Bertz CT molecular complexity index is 710. The number of hydrogen-bond acceptors (Lipinski definition) is 4. The smallest absolute Gasteiger partial charge is 0.111 e. The van der Waals surface area contributed by atoms with Crippen molar-refractivity contribution in [2.24, 2.45) is 5.92 Å². The molecule has 0 saturated carbocycles. The zero-order valence-electron chi connectivity index (χ0n) is 15.4. The van der Waals surface area contributed by atoms with Crippen molar-refractivity contribution in [3.05, 3.63) is 70.8 Å². The molecule has 1 aliphatic rings. The van der Waals surface area contributed by atoms with Crippen LogP contribution in [0.1, 0.15) is 42.2 Å². The van der Waals surface area contributed by atoms with Crippen molar-refractivity contribution in [1.82, 2.24) is 0 Å². The maximum absolute atomic E-state index is 10.5. The molecule has 5 atom stereocenters. The van der Waals surface area contributed by atoms with Crippen LogP contribution in [0.15, 0.2) is 48.5 Å². The van der Waals surface area contributed by atoms with Crippen molar-refractivity contribution >= 4 is 0 Å². The monoisotopic (exact) mass is 356 g/mol. The van der Waals surface area contributed by atoms with Gasteiger partial charge in [0.15, 0.2) is 0 Å². The highest BCUT2D eigenvalue weighted by Crippen LogP contribution is 2.35. The minimum absolute atomic E-state index is 0.176. The van der Waals surface area contributed by atoms with Crippen LogP contribution in [0.25, 0.3) is 0 Å². The summed E-state index contributed by atoms with van der Waals surface area (Å²) in [6, 6.07) is 16.5. The summed E-state index contributed by atoms with van der Waals surface area (Å²) >= 11 is 0. The molecule has 26 heavy (non-hydrogen) atoms. The van der Waals surface area contributed by atoms with Crippen LogP contribution in [-0.2, 0) is 17.6 Å². The zero-order chi connectivity index (χ0) is 18.7. The van der Waals surface area contributed by atoms with Crippen LogP contribution in [0.2, 0.25) is 0 Å². The van der Waals surface area contributed by atoms with Crippen LogP contribution in [0.4, 0.5) is 0 Å². The minimum Gasteiger partial charge on any atom is -0.394 e. The van der Waals surface area contributed by atoms with Gasteiger partial charge in [-0.3, -0.25) is 0 Å². The molecule has 3 N–H and O–H groups in total. The zero-order valence-corrected chi connectivity index (χ0v) is 15.4. The molecule has 1 saturated heterocycles. The number of aryl methyl sites for hydroxylation is 1. The molecule has 3 rings (SSSR count). The Morgan fingerprint density at radius 2 is 1.62 bits per heavy atom. The maximum Gasteiger partial charge on any atom is 0.111 e. The number of ether oxygens (including phenoxy) is 1. The molecule has 140 valence electrons. The van der Waals surface area contributed by atoms with Gasteiger partial charge in [0.2, 0.25) is 0 Å². The number of aliphatic hydroxyl groups excluding tert-OH is 3. The van der Waals surface area contributed by atoms with E-state index in [0.717, 1.165) is 24.0 Å². The predicted octanol–water partition coefficient (Wildman–Crippen LogP) is 2.63. The van der Waals surface area contributed by atoms with Crippen LogP contribution in [0.3, 0.4) is 0 Å². The van der Waals surface area contributed by atoms with Gasteiger partial charge in [-0.1, -0.05) is 62.4 Å². The molecule has 1 fully saturated rings. The highest BCUT2D eigenvalue weighted by molar-refractivity contribution is 5.32. The molecule has 0 aliphatic carbocycles. The van der Waals surface area contributed by atoms with Crippen molar-refractivity contribution < 1.29 is 20.1 Å². The third-order valence-corrected chi connectivity index (χ3v) is 5.41. The average Bonchev–Trinajstić information content (AvgIpc) is 2.67. The molecule has 0 aromatic heterocycles. The summed E-state index contributed by atoms with van der Waals surface area (Å²) in [5.41, 5.74) is 4.49. The Morgan fingerprint density at radius 1 is 0.923 bits per heavy atom. The van der Waals surface area contributed by atoms with Gasteiger partial charge in [-0.2, -0.15) is 0 Å². The molecule has 5 unspecified atom stereocenters. The second-order valence-corrected chi connectivity index (χ2v) is 7.21.